The fraction of sp³-hybridized carbons (Fsp3) is 0.478. The third-order valence-electron chi connectivity index (χ3n) is 6.35. The number of aliphatic hydroxyl groups is 1. The molecule has 0 aliphatic carbocycles. The smallest absolute Gasteiger partial charge is 0.406 e. The van der Waals surface area contributed by atoms with Gasteiger partial charge in [-0.25, -0.2) is 0 Å². The van der Waals surface area contributed by atoms with Crippen LogP contribution in [0.4, 0.5) is 18.9 Å². The number of alkyl halides is 3. The molecule has 2 aromatic carbocycles. The summed E-state index contributed by atoms with van der Waals surface area (Å²) >= 11 is 0. The summed E-state index contributed by atoms with van der Waals surface area (Å²) in [5.74, 6) is -0.296. The lowest BCUT2D eigenvalue weighted by atomic mass is 9.62. The molecule has 2 saturated heterocycles. The minimum absolute atomic E-state index is 0.296. The number of hydrogen-bond acceptors (Lipinski definition) is 4. The van der Waals surface area contributed by atoms with Crippen molar-refractivity contribution in [3.63, 3.8) is 0 Å². The van der Waals surface area contributed by atoms with Crippen molar-refractivity contribution in [1.82, 2.24) is 4.90 Å². The lowest BCUT2D eigenvalue weighted by molar-refractivity contribution is -0.274. The van der Waals surface area contributed by atoms with Crippen LogP contribution in [-0.2, 0) is 5.60 Å². The van der Waals surface area contributed by atoms with E-state index in [4.69, 9.17) is 0 Å². The molecule has 7 heteroatoms. The first kappa shape index (κ1) is 21.0. The van der Waals surface area contributed by atoms with E-state index in [0.29, 0.717) is 18.7 Å². The summed E-state index contributed by atoms with van der Waals surface area (Å²) in [6, 6.07) is 13.5. The van der Waals surface area contributed by atoms with E-state index in [1.54, 1.807) is 0 Å². The molecule has 2 aliphatic heterocycles. The van der Waals surface area contributed by atoms with Crippen LogP contribution < -0.4 is 9.64 Å². The molecule has 2 aliphatic rings. The molecule has 1 N–H and O–H groups in total. The molecule has 0 spiro atoms. The number of halogens is 3. The van der Waals surface area contributed by atoms with Crippen LogP contribution in [0.2, 0.25) is 0 Å². The number of anilines is 1. The van der Waals surface area contributed by atoms with Gasteiger partial charge in [-0.05, 0) is 55.3 Å². The van der Waals surface area contributed by atoms with E-state index in [2.05, 4.69) is 14.5 Å². The van der Waals surface area contributed by atoms with Gasteiger partial charge >= 0.3 is 6.36 Å². The van der Waals surface area contributed by atoms with Crippen molar-refractivity contribution in [2.45, 2.75) is 31.7 Å². The summed E-state index contributed by atoms with van der Waals surface area (Å²) in [7, 11) is 1.99. The summed E-state index contributed by atoms with van der Waals surface area (Å²) in [6.45, 7) is 5.36. The Kier molecular flexibility index (Phi) is 5.22. The molecule has 4 rings (SSSR count). The van der Waals surface area contributed by atoms with E-state index in [9.17, 15) is 18.3 Å². The van der Waals surface area contributed by atoms with E-state index >= 15 is 0 Å². The minimum atomic E-state index is -4.75. The predicted octanol–water partition coefficient (Wildman–Crippen LogP) is 4.37. The van der Waals surface area contributed by atoms with Gasteiger partial charge in [0.1, 0.15) is 11.4 Å². The molecule has 0 amide bonds. The average molecular weight is 420 g/mol. The predicted molar refractivity (Wildman–Crippen MR) is 110 cm³/mol. The molecule has 0 bridgehead atoms. The zero-order chi connectivity index (χ0) is 21.6. The van der Waals surface area contributed by atoms with E-state index in [-0.39, 0.29) is 5.75 Å². The van der Waals surface area contributed by atoms with E-state index < -0.39 is 17.4 Å². The van der Waals surface area contributed by atoms with Crippen molar-refractivity contribution in [1.29, 1.82) is 0 Å². The Bertz CT molecular complexity index is 888. The van der Waals surface area contributed by atoms with Gasteiger partial charge < -0.3 is 19.6 Å². The minimum Gasteiger partial charge on any atom is -0.406 e. The highest BCUT2D eigenvalue weighted by molar-refractivity contribution is 5.53. The maximum atomic E-state index is 12.5. The topological polar surface area (TPSA) is 35.9 Å². The van der Waals surface area contributed by atoms with E-state index in [0.717, 1.165) is 37.2 Å². The zero-order valence-corrected chi connectivity index (χ0v) is 17.2. The maximum absolute atomic E-state index is 12.5. The number of ether oxygens (including phenoxy) is 1. The Labute approximate surface area is 174 Å². The van der Waals surface area contributed by atoms with Crippen molar-refractivity contribution in [2.75, 3.05) is 38.1 Å². The second-order valence-corrected chi connectivity index (χ2v) is 8.76. The summed E-state index contributed by atoms with van der Waals surface area (Å²) in [5.41, 5.74) is 0.568. The SMILES string of the molecule is CN1CC(C)(C(O)(c2ccc(OC(F)(F)F)cc2)c2cccc(N3CCCC3)c2)C1. The molecule has 1 atom stereocenters. The second-order valence-electron chi connectivity index (χ2n) is 8.76. The van der Waals surface area contributed by atoms with Crippen molar-refractivity contribution in [2.24, 2.45) is 5.41 Å². The molecule has 2 aromatic rings. The van der Waals surface area contributed by atoms with Crippen LogP contribution in [0, 0.1) is 5.41 Å². The Morgan fingerprint density at radius 1 is 0.967 bits per heavy atom. The molecule has 1 unspecified atom stereocenters. The van der Waals surface area contributed by atoms with Crippen molar-refractivity contribution in [3.8, 4) is 5.75 Å². The molecule has 0 radical (unpaired) electrons. The molecular formula is C23H27F3N2O2. The molecule has 162 valence electrons. The number of likely N-dealkylation sites (tertiary alicyclic amines) is 1. The molecule has 0 aromatic heterocycles. The average Bonchev–Trinajstić information content (AvgIpc) is 3.20. The third-order valence-corrected chi connectivity index (χ3v) is 6.35. The summed E-state index contributed by atoms with van der Waals surface area (Å²) in [5, 5.41) is 12.1. The largest absolute Gasteiger partial charge is 0.573 e. The highest BCUT2D eigenvalue weighted by Crippen LogP contribution is 2.50. The number of hydrogen-bond donors (Lipinski definition) is 1. The van der Waals surface area contributed by atoms with Gasteiger partial charge in [-0.3, -0.25) is 0 Å². The standard InChI is InChI=1S/C23H27F3N2O2/c1-21(15-27(2)16-21)22(29,17-8-10-20(11-9-17)30-23(24,25)26)18-6-5-7-19(14-18)28-12-3-4-13-28/h5-11,14,29H,3-4,12-13,15-16H2,1-2H3. The fourth-order valence-electron chi connectivity index (χ4n) is 5.04. The fourth-order valence-corrected chi connectivity index (χ4v) is 5.04. The lowest BCUT2D eigenvalue weighted by Gasteiger charge is -2.56. The first-order valence-electron chi connectivity index (χ1n) is 10.2. The Balaban J connectivity index is 1.74. The second kappa shape index (κ2) is 7.46. The van der Waals surface area contributed by atoms with Crippen LogP contribution in [-0.4, -0.2) is 49.6 Å². The Morgan fingerprint density at radius 3 is 2.17 bits per heavy atom. The van der Waals surface area contributed by atoms with E-state index in [1.807, 2.05) is 38.2 Å². The van der Waals surface area contributed by atoms with Crippen molar-refractivity contribution in [3.05, 3.63) is 59.7 Å². The van der Waals surface area contributed by atoms with Crippen molar-refractivity contribution >= 4 is 5.69 Å². The van der Waals surface area contributed by atoms with Gasteiger partial charge in [-0.1, -0.05) is 31.2 Å². The van der Waals surface area contributed by atoms with Gasteiger partial charge in [0.25, 0.3) is 0 Å². The molecule has 2 heterocycles. The number of benzene rings is 2. The van der Waals surface area contributed by atoms with Gasteiger partial charge in [0, 0.05) is 37.3 Å². The highest BCUT2D eigenvalue weighted by atomic mass is 19.4. The summed E-state index contributed by atoms with van der Waals surface area (Å²) < 4.78 is 41.7. The van der Waals surface area contributed by atoms with E-state index in [1.165, 1.54) is 24.3 Å². The van der Waals surface area contributed by atoms with Gasteiger partial charge in [0.2, 0.25) is 0 Å². The molecule has 30 heavy (non-hydrogen) atoms. The van der Waals surface area contributed by atoms with Crippen LogP contribution >= 0.6 is 0 Å². The monoisotopic (exact) mass is 420 g/mol. The summed E-state index contributed by atoms with van der Waals surface area (Å²) in [6.07, 6.45) is -2.44. The van der Waals surface area contributed by atoms with Crippen LogP contribution in [0.25, 0.3) is 0 Å². The van der Waals surface area contributed by atoms with Crippen LogP contribution in [0.15, 0.2) is 48.5 Å². The van der Waals surface area contributed by atoms with Crippen LogP contribution in [0.5, 0.6) is 5.75 Å². The third kappa shape index (κ3) is 3.76. The van der Waals surface area contributed by atoms with Gasteiger partial charge in [-0.15, -0.1) is 13.2 Å². The molecule has 2 fully saturated rings. The van der Waals surface area contributed by atoms with Crippen LogP contribution in [0.3, 0.4) is 0 Å². The highest BCUT2D eigenvalue weighted by Gasteiger charge is 2.55. The Morgan fingerprint density at radius 2 is 1.60 bits per heavy atom. The number of nitrogens with zero attached hydrogens (tertiary/aromatic N) is 2. The lowest BCUT2D eigenvalue weighted by Crippen LogP contribution is -2.63. The van der Waals surface area contributed by atoms with Crippen molar-refractivity contribution < 1.29 is 23.0 Å². The molecule has 4 nitrogen and oxygen atoms in total. The number of rotatable bonds is 5. The molecular weight excluding hydrogens is 393 g/mol. The van der Waals surface area contributed by atoms with Gasteiger partial charge in [-0.2, -0.15) is 0 Å². The summed E-state index contributed by atoms with van der Waals surface area (Å²) in [4.78, 5) is 4.43. The van der Waals surface area contributed by atoms with Gasteiger partial charge in [0.05, 0.1) is 0 Å². The first-order valence-corrected chi connectivity index (χ1v) is 10.2. The quantitative estimate of drug-likeness (QED) is 0.779. The molecule has 0 saturated carbocycles. The zero-order valence-electron chi connectivity index (χ0n) is 17.2. The normalized spacial score (nSPS) is 21.2. The first-order chi connectivity index (χ1) is 14.1. The Hall–Kier alpha value is -2.25. The maximum Gasteiger partial charge on any atom is 0.573 e. The van der Waals surface area contributed by atoms with Gasteiger partial charge in [0.15, 0.2) is 0 Å². The van der Waals surface area contributed by atoms with Crippen LogP contribution in [0.1, 0.15) is 30.9 Å².